The molecule has 1 heterocycles. The smallest absolute Gasteiger partial charge is 0.285 e. The molecule has 1 aliphatic heterocycles. The molecule has 31 heavy (non-hydrogen) atoms. The Kier molecular flexibility index (Phi) is 7.70. The van der Waals surface area contributed by atoms with Gasteiger partial charge in [-0.25, -0.2) is 0 Å². The lowest BCUT2D eigenvalue weighted by atomic mass is 10.1. The van der Waals surface area contributed by atoms with Gasteiger partial charge in [-0.15, -0.1) is 0 Å². The molecule has 1 N–H and O–H groups in total. The number of rotatable bonds is 8. The van der Waals surface area contributed by atoms with Crippen LogP contribution in [0.25, 0.3) is 6.08 Å². The fraction of sp³-hybridized carbons (Fsp3) is 0.261. The Morgan fingerprint density at radius 3 is 2.58 bits per heavy atom. The van der Waals surface area contributed by atoms with E-state index in [-0.39, 0.29) is 10.2 Å². The summed E-state index contributed by atoms with van der Waals surface area (Å²) in [5, 5.41) is 1.10. The maximum absolute atomic E-state index is 12.8. The van der Waals surface area contributed by atoms with Crippen LogP contribution in [0.5, 0.6) is 11.5 Å². The minimum Gasteiger partial charge on any atom is -0.490 e. The lowest BCUT2D eigenvalue weighted by molar-refractivity contribution is -0.123. The SMILES string of the molecule is CCOc1cc(/C=C2\SC(=S)N(NC(=O)c3ccccc3)C2=O)ccc1OCC(C)C. The predicted molar refractivity (Wildman–Crippen MR) is 127 cm³/mol. The quantitative estimate of drug-likeness (QED) is 0.460. The van der Waals surface area contributed by atoms with E-state index in [1.807, 2.05) is 31.2 Å². The number of carbonyl (C=O) groups excluding carboxylic acids is 2. The summed E-state index contributed by atoms with van der Waals surface area (Å²) in [7, 11) is 0. The monoisotopic (exact) mass is 456 g/mol. The first-order chi connectivity index (χ1) is 14.9. The third-order valence-corrected chi connectivity index (χ3v) is 5.48. The van der Waals surface area contributed by atoms with Gasteiger partial charge in [0.15, 0.2) is 15.8 Å². The summed E-state index contributed by atoms with van der Waals surface area (Å²) >= 11 is 6.43. The molecular formula is C23H24N2O4S2. The van der Waals surface area contributed by atoms with Crippen LogP contribution in [-0.2, 0) is 4.79 Å². The van der Waals surface area contributed by atoms with E-state index in [1.54, 1.807) is 30.3 Å². The predicted octanol–water partition coefficient (Wildman–Crippen LogP) is 4.67. The molecule has 1 saturated heterocycles. The molecule has 0 atom stereocenters. The van der Waals surface area contributed by atoms with E-state index in [9.17, 15) is 9.59 Å². The molecule has 0 aromatic heterocycles. The number of thiocarbonyl (C=S) groups is 1. The highest BCUT2D eigenvalue weighted by Gasteiger charge is 2.33. The number of benzene rings is 2. The Balaban J connectivity index is 1.77. The maximum atomic E-state index is 12.8. The van der Waals surface area contributed by atoms with Gasteiger partial charge in [0.1, 0.15) is 0 Å². The Morgan fingerprint density at radius 1 is 1.16 bits per heavy atom. The number of thioether (sulfide) groups is 1. The van der Waals surface area contributed by atoms with Crippen molar-refractivity contribution in [3.05, 3.63) is 64.6 Å². The zero-order chi connectivity index (χ0) is 22.4. The van der Waals surface area contributed by atoms with E-state index < -0.39 is 5.91 Å². The van der Waals surface area contributed by atoms with Crippen LogP contribution >= 0.6 is 24.0 Å². The van der Waals surface area contributed by atoms with E-state index in [1.165, 1.54) is 0 Å². The molecule has 0 radical (unpaired) electrons. The van der Waals surface area contributed by atoms with Gasteiger partial charge < -0.3 is 9.47 Å². The lowest BCUT2D eigenvalue weighted by Gasteiger charge is -2.15. The Hall–Kier alpha value is -2.84. The maximum Gasteiger partial charge on any atom is 0.285 e. The van der Waals surface area contributed by atoms with Gasteiger partial charge in [0, 0.05) is 5.56 Å². The van der Waals surface area contributed by atoms with Gasteiger partial charge in [-0.05, 0) is 61.0 Å². The molecular weight excluding hydrogens is 432 g/mol. The normalized spacial score (nSPS) is 15.0. The second-order valence-electron chi connectivity index (χ2n) is 7.17. The highest BCUT2D eigenvalue weighted by molar-refractivity contribution is 8.26. The molecule has 8 heteroatoms. The van der Waals surface area contributed by atoms with Gasteiger partial charge in [0.2, 0.25) is 0 Å². The molecule has 0 saturated carbocycles. The van der Waals surface area contributed by atoms with E-state index >= 15 is 0 Å². The molecule has 162 valence electrons. The van der Waals surface area contributed by atoms with Crippen molar-refractivity contribution < 1.29 is 19.1 Å². The highest BCUT2D eigenvalue weighted by atomic mass is 32.2. The number of nitrogens with one attached hydrogen (secondary N) is 1. The van der Waals surface area contributed by atoms with Crippen molar-refractivity contribution in [2.45, 2.75) is 20.8 Å². The Morgan fingerprint density at radius 2 is 1.90 bits per heavy atom. The summed E-state index contributed by atoms with van der Waals surface area (Å²) in [5.74, 6) is 0.891. The van der Waals surface area contributed by atoms with Crippen LogP contribution in [0.4, 0.5) is 0 Å². The number of amides is 2. The van der Waals surface area contributed by atoms with E-state index in [2.05, 4.69) is 19.3 Å². The fourth-order valence-corrected chi connectivity index (χ4v) is 3.91. The lowest BCUT2D eigenvalue weighted by Crippen LogP contribution is -2.44. The number of ether oxygens (including phenoxy) is 2. The molecule has 0 bridgehead atoms. The summed E-state index contributed by atoms with van der Waals surface area (Å²) in [6.07, 6.45) is 1.72. The topological polar surface area (TPSA) is 67.9 Å². The summed E-state index contributed by atoms with van der Waals surface area (Å²) in [6.45, 7) is 7.13. The molecule has 0 spiro atoms. The molecule has 3 rings (SSSR count). The van der Waals surface area contributed by atoms with Crippen molar-refractivity contribution in [3.63, 3.8) is 0 Å². The van der Waals surface area contributed by atoms with Crippen molar-refractivity contribution in [2.75, 3.05) is 13.2 Å². The summed E-state index contributed by atoms with van der Waals surface area (Å²) in [5.41, 5.74) is 3.79. The number of nitrogens with zero attached hydrogens (tertiary/aromatic N) is 1. The number of hydrogen-bond acceptors (Lipinski definition) is 6. The summed E-state index contributed by atoms with van der Waals surface area (Å²) in [4.78, 5) is 25.6. The molecule has 2 aromatic rings. The van der Waals surface area contributed by atoms with Gasteiger partial charge in [-0.1, -0.05) is 49.9 Å². The standard InChI is InChI=1S/C23H24N2O4S2/c1-4-28-19-12-16(10-11-18(19)29-14-15(2)3)13-20-22(27)25(23(30)31-20)24-21(26)17-8-6-5-7-9-17/h5-13,15H,4,14H2,1-3H3,(H,24,26)/b20-13-. The van der Waals surface area contributed by atoms with Crippen LogP contribution in [0.2, 0.25) is 0 Å². The summed E-state index contributed by atoms with van der Waals surface area (Å²) < 4.78 is 11.8. The van der Waals surface area contributed by atoms with Gasteiger partial charge in [-0.3, -0.25) is 15.0 Å². The van der Waals surface area contributed by atoms with E-state index in [4.69, 9.17) is 21.7 Å². The number of hydrazine groups is 1. The molecule has 1 aliphatic rings. The van der Waals surface area contributed by atoms with Gasteiger partial charge in [-0.2, -0.15) is 5.01 Å². The van der Waals surface area contributed by atoms with Crippen LogP contribution in [0.15, 0.2) is 53.4 Å². The Bertz CT molecular complexity index is 1010. The summed E-state index contributed by atoms with van der Waals surface area (Å²) in [6, 6.07) is 14.2. The zero-order valence-electron chi connectivity index (χ0n) is 17.6. The average molecular weight is 457 g/mol. The number of hydrogen-bond donors (Lipinski definition) is 1. The second-order valence-corrected chi connectivity index (χ2v) is 8.84. The molecule has 2 amide bonds. The van der Waals surface area contributed by atoms with Crippen LogP contribution < -0.4 is 14.9 Å². The van der Waals surface area contributed by atoms with Crippen molar-refractivity contribution in [1.82, 2.24) is 10.4 Å². The van der Waals surface area contributed by atoms with Crippen LogP contribution in [0, 0.1) is 5.92 Å². The molecule has 2 aromatic carbocycles. The first kappa shape index (κ1) is 22.8. The first-order valence-corrected chi connectivity index (χ1v) is 11.1. The number of carbonyl (C=O) groups is 2. The van der Waals surface area contributed by atoms with Gasteiger partial charge >= 0.3 is 0 Å². The average Bonchev–Trinajstić information content (AvgIpc) is 3.01. The second kappa shape index (κ2) is 10.5. The van der Waals surface area contributed by atoms with Crippen LogP contribution in [0.1, 0.15) is 36.7 Å². The zero-order valence-corrected chi connectivity index (χ0v) is 19.2. The minimum atomic E-state index is -0.400. The first-order valence-electron chi connectivity index (χ1n) is 9.92. The largest absolute Gasteiger partial charge is 0.490 e. The molecule has 0 aliphatic carbocycles. The minimum absolute atomic E-state index is 0.266. The molecule has 1 fully saturated rings. The van der Waals surface area contributed by atoms with E-state index in [0.717, 1.165) is 22.3 Å². The van der Waals surface area contributed by atoms with Crippen molar-refractivity contribution in [3.8, 4) is 11.5 Å². The van der Waals surface area contributed by atoms with Crippen molar-refractivity contribution >= 4 is 46.2 Å². The highest BCUT2D eigenvalue weighted by Crippen LogP contribution is 2.34. The van der Waals surface area contributed by atoms with Crippen molar-refractivity contribution in [2.24, 2.45) is 5.92 Å². The van der Waals surface area contributed by atoms with Crippen molar-refractivity contribution in [1.29, 1.82) is 0 Å². The third kappa shape index (κ3) is 5.86. The fourth-order valence-electron chi connectivity index (χ4n) is 2.73. The van der Waals surface area contributed by atoms with Gasteiger partial charge in [0.05, 0.1) is 18.1 Å². The van der Waals surface area contributed by atoms with E-state index in [0.29, 0.717) is 41.1 Å². The van der Waals surface area contributed by atoms with Crippen LogP contribution in [0.3, 0.4) is 0 Å². The van der Waals surface area contributed by atoms with Gasteiger partial charge in [0.25, 0.3) is 11.8 Å². The third-order valence-electron chi connectivity index (χ3n) is 4.18. The Labute approximate surface area is 191 Å². The molecule has 0 unspecified atom stereocenters. The molecule has 6 nitrogen and oxygen atoms in total. The van der Waals surface area contributed by atoms with Crippen LogP contribution in [-0.4, -0.2) is 34.4 Å².